The van der Waals surface area contributed by atoms with Gasteiger partial charge in [-0.25, -0.2) is 4.57 Å². The number of nitrogens with zero attached hydrogens (tertiary/aromatic N) is 5. The second-order valence-corrected chi connectivity index (χ2v) is 11.9. The van der Waals surface area contributed by atoms with Gasteiger partial charge in [0.15, 0.2) is 16.5 Å². The van der Waals surface area contributed by atoms with E-state index in [0.717, 1.165) is 45.3 Å². The maximum absolute atomic E-state index is 6.20. The Balaban J connectivity index is 1.61. The number of nitrogens with one attached hydrogen (secondary N) is 1. The molecular formula is C22H28N6OS3. The molecule has 0 fully saturated rings. The van der Waals surface area contributed by atoms with E-state index < -0.39 is 0 Å². The van der Waals surface area contributed by atoms with Gasteiger partial charge in [-0.05, 0) is 25.3 Å². The number of fused-ring (bicyclic) bond motifs is 8. The predicted octanol–water partition coefficient (Wildman–Crippen LogP) is 5.10. The second-order valence-electron chi connectivity index (χ2n) is 8.93. The molecule has 5 heterocycles. The topological polar surface area (TPSA) is 67.6 Å². The average molecular weight is 489 g/mol. The smallest absolute Gasteiger partial charge is 0.241 e. The van der Waals surface area contributed by atoms with Gasteiger partial charge < -0.3 is 4.74 Å². The Morgan fingerprint density at radius 2 is 1.97 bits per heavy atom. The van der Waals surface area contributed by atoms with E-state index in [1.165, 1.54) is 21.0 Å². The number of amidine groups is 1. The molecule has 2 atom stereocenters. The van der Waals surface area contributed by atoms with E-state index in [4.69, 9.17) is 9.84 Å². The van der Waals surface area contributed by atoms with E-state index in [0.29, 0.717) is 12.5 Å². The fraction of sp³-hybridized carbons (Fsp3) is 0.500. The first kappa shape index (κ1) is 22.1. The number of hydrogen-bond donors (Lipinski definition) is 1. The Labute approximate surface area is 201 Å². The number of thioether (sulfide) groups is 2. The minimum atomic E-state index is -0.0702. The summed E-state index contributed by atoms with van der Waals surface area (Å²) in [5.74, 6) is 2.90. The molecule has 2 aromatic rings. The molecule has 5 rings (SSSR count). The van der Waals surface area contributed by atoms with E-state index in [9.17, 15) is 0 Å². The van der Waals surface area contributed by atoms with Gasteiger partial charge in [0.25, 0.3) is 0 Å². The lowest BCUT2D eigenvalue weighted by molar-refractivity contribution is 0.00135. The molecule has 170 valence electrons. The summed E-state index contributed by atoms with van der Waals surface area (Å²) in [5, 5.41) is 16.9. The molecule has 0 bridgehead atoms. The van der Waals surface area contributed by atoms with Crippen LogP contribution in [0.1, 0.15) is 49.9 Å². The third-order valence-corrected chi connectivity index (χ3v) is 9.19. The summed E-state index contributed by atoms with van der Waals surface area (Å²) in [6.45, 7) is 17.3. The van der Waals surface area contributed by atoms with Gasteiger partial charge >= 0.3 is 0 Å². The normalized spacial score (nSPS) is 20.9. The van der Waals surface area contributed by atoms with Crippen molar-refractivity contribution in [3.8, 4) is 5.00 Å². The molecule has 3 aliphatic heterocycles. The molecule has 1 N–H and O–H groups in total. The van der Waals surface area contributed by atoms with Gasteiger partial charge in [0.2, 0.25) is 5.95 Å². The first-order valence-electron chi connectivity index (χ1n) is 10.7. The number of aromatic nitrogens is 3. The van der Waals surface area contributed by atoms with Gasteiger partial charge in [-0.2, -0.15) is 5.10 Å². The van der Waals surface area contributed by atoms with E-state index >= 15 is 0 Å². The van der Waals surface area contributed by atoms with Crippen molar-refractivity contribution in [1.29, 1.82) is 0 Å². The number of hydrogen-bond acceptors (Lipinski definition) is 9. The maximum Gasteiger partial charge on any atom is 0.241 e. The second kappa shape index (κ2) is 8.55. The van der Waals surface area contributed by atoms with Crippen LogP contribution in [-0.2, 0) is 17.8 Å². The first-order valence-corrected chi connectivity index (χ1v) is 13.5. The van der Waals surface area contributed by atoms with E-state index in [1.54, 1.807) is 34.9 Å². The van der Waals surface area contributed by atoms with Gasteiger partial charge in [0.1, 0.15) is 5.00 Å². The molecule has 0 amide bonds. The molecule has 0 radical (unpaired) electrons. The van der Waals surface area contributed by atoms with Gasteiger partial charge in [-0.3, -0.25) is 10.3 Å². The van der Waals surface area contributed by atoms with Crippen molar-refractivity contribution >= 4 is 46.0 Å². The molecule has 32 heavy (non-hydrogen) atoms. The van der Waals surface area contributed by atoms with Crippen LogP contribution in [0.4, 0.5) is 5.95 Å². The third-order valence-electron chi connectivity index (χ3n) is 5.64. The lowest BCUT2D eigenvalue weighted by atomic mass is 9.93. The van der Waals surface area contributed by atoms with Crippen LogP contribution >= 0.6 is 34.9 Å². The standard InChI is InChI=1S/C22H28N6OS3/c1-11(2)9-30-21-25-23-18-17-14-7-15(13(5)6)29-8-16(14)32-19(17)28-20(27(18)21)24-26-22(28)31-10-12(3)4/h13,15,18,23H,1,3,7-10H2,2,4-6H3/t15-,18?/m1/s1. The molecule has 0 spiro atoms. The number of hydrazone groups is 1. The Bertz CT molecular complexity index is 1120. The van der Waals surface area contributed by atoms with Crippen LogP contribution in [0.15, 0.2) is 34.6 Å². The first-order chi connectivity index (χ1) is 15.3. The highest BCUT2D eigenvalue weighted by molar-refractivity contribution is 8.14. The van der Waals surface area contributed by atoms with Crippen LogP contribution in [0.2, 0.25) is 0 Å². The highest BCUT2D eigenvalue weighted by atomic mass is 32.2. The minimum absolute atomic E-state index is 0.0702. The maximum atomic E-state index is 6.20. The third kappa shape index (κ3) is 3.70. The largest absolute Gasteiger partial charge is 0.372 e. The number of ether oxygens (including phenoxy) is 1. The summed E-state index contributed by atoms with van der Waals surface area (Å²) < 4.78 is 8.40. The quantitative estimate of drug-likeness (QED) is 0.448. The van der Waals surface area contributed by atoms with Gasteiger partial charge in [0, 0.05) is 28.4 Å². The van der Waals surface area contributed by atoms with Crippen molar-refractivity contribution in [1.82, 2.24) is 20.2 Å². The summed E-state index contributed by atoms with van der Waals surface area (Å²) in [6, 6.07) is 0. The Morgan fingerprint density at radius 1 is 1.22 bits per heavy atom. The summed E-state index contributed by atoms with van der Waals surface area (Å²) in [5.41, 5.74) is 8.31. The molecular weight excluding hydrogens is 460 g/mol. The monoisotopic (exact) mass is 488 g/mol. The minimum Gasteiger partial charge on any atom is -0.372 e. The average Bonchev–Trinajstić information content (AvgIpc) is 3.44. The molecule has 7 nitrogen and oxygen atoms in total. The SMILES string of the molecule is C=C(C)CSC1=NNC2c3c(sc4c3C[C@H](C(C)C)OC4)-n3c(SCC(=C)C)nnc3N12. The Kier molecular flexibility index (Phi) is 5.90. The highest BCUT2D eigenvalue weighted by Crippen LogP contribution is 2.49. The summed E-state index contributed by atoms with van der Waals surface area (Å²) in [6.07, 6.45) is 1.08. The van der Waals surface area contributed by atoms with Crippen LogP contribution in [0.5, 0.6) is 0 Å². The van der Waals surface area contributed by atoms with Crippen LogP contribution < -0.4 is 10.3 Å². The van der Waals surface area contributed by atoms with Crippen LogP contribution in [-0.4, -0.2) is 37.5 Å². The van der Waals surface area contributed by atoms with Gasteiger partial charge in [-0.15, -0.1) is 21.5 Å². The van der Waals surface area contributed by atoms with Gasteiger partial charge in [0.05, 0.1) is 12.7 Å². The Morgan fingerprint density at radius 3 is 2.69 bits per heavy atom. The van der Waals surface area contributed by atoms with Crippen molar-refractivity contribution < 1.29 is 4.74 Å². The molecule has 1 unspecified atom stereocenters. The predicted molar refractivity (Wildman–Crippen MR) is 135 cm³/mol. The summed E-state index contributed by atoms with van der Waals surface area (Å²) in [7, 11) is 0. The van der Waals surface area contributed by atoms with E-state index in [-0.39, 0.29) is 12.3 Å². The van der Waals surface area contributed by atoms with Crippen LogP contribution in [0, 0.1) is 5.92 Å². The van der Waals surface area contributed by atoms with Crippen LogP contribution in [0.25, 0.3) is 5.00 Å². The van der Waals surface area contributed by atoms with Crippen molar-refractivity contribution in [2.75, 3.05) is 16.4 Å². The molecule has 0 aromatic carbocycles. The van der Waals surface area contributed by atoms with Crippen molar-refractivity contribution in [2.24, 2.45) is 11.0 Å². The fourth-order valence-electron chi connectivity index (χ4n) is 4.07. The number of rotatable bonds is 6. The van der Waals surface area contributed by atoms with Crippen molar-refractivity contribution in [3.05, 3.63) is 40.3 Å². The lowest BCUT2D eigenvalue weighted by Crippen LogP contribution is -2.39. The molecule has 3 aliphatic rings. The zero-order chi connectivity index (χ0) is 22.6. The zero-order valence-electron chi connectivity index (χ0n) is 18.8. The number of anilines is 1. The zero-order valence-corrected chi connectivity index (χ0v) is 21.3. The Hall–Kier alpha value is -1.75. The summed E-state index contributed by atoms with van der Waals surface area (Å²) >= 11 is 5.15. The fourth-order valence-corrected chi connectivity index (χ4v) is 7.01. The van der Waals surface area contributed by atoms with Crippen molar-refractivity contribution in [2.45, 2.75) is 58.1 Å². The van der Waals surface area contributed by atoms with E-state index in [2.05, 4.69) is 52.1 Å². The van der Waals surface area contributed by atoms with Crippen molar-refractivity contribution in [3.63, 3.8) is 0 Å². The molecule has 0 saturated carbocycles. The molecule has 0 aliphatic carbocycles. The van der Waals surface area contributed by atoms with Gasteiger partial charge in [-0.1, -0.05) is 61.7 Å². The number of thiophene rings is 1. The highest BCUT2D eigenvalue weighted by Gasteiger charge is 2.45. The molecule has 10 heteroatoms. The molecule has 0 saturated heterocycles. The summed E-state index contributed by atoms with van der Waals surface area (Å²) in [4.78, 5) is 3.50. The van der Waals surface area contributed by atoms with Crippen LogP contribution in [0.3, 0.4) is 0 Å². The van der Waals surface area contributed by atoms with E-state index in [1.807, 2.05) is 13.8 Å². The molecule has 2 aromatic heterocycles. The lowest BCUT2D eigenvalue weighted by Gasteiger charge is -2.33.